The van der Waals surface area contributed by atoms with Gasteiger partial charge in [-0.1, -0.05) is 24.3 Å². The number of rotatable bonds is 5. The lowest BCUT2D eigenvalue weighted by molar-refractivity contribution is 0.579. The zero-order chi connectivity index (χ0) is 17.9. The van der Waals surface area contributed by atoms with Gasteiger partial charge in [-0.3, -0.25) is 0 Å². The first kappa shape index (κ1) is 18.2. The lowest BCUT2D eigenvalue weighted by Crippen LogP contribution is -2.28. The molecule has 3 N–H and O–H groups in total. The van der Waals surface area contributed by atoms with Crippen LogP contribution in [0.3, 0.4) is 0 Å². The van der Waals surface area contributed by atoms with Crippen molar-refractivity contribution >= 4 is 21.8 Å². The van der Waals surface area contributed by atoms with Gasteiger partial charge in [-0.15, -0.1) is 0 Å². The Morgan fingerprint density at radius 1 is 1.04 bits per heavy atom. The van der Waals surface area contributed by atoms with E-state index in [1.807, 2.05) is 44.2 Å². The van der Waals surface area contributed by atoms with Gasteiger partial charge in [0.2, 0.25) is 10.0 Å². The minimum absolute atomic E-state index is 0.129. The van der Waals surface area contributed by atoms with Gasteiger partial charge in [0.15, 0.2) is 0 Å². The fourth-order valence-corrected chi connectivity index (χ4v) is 3.58. The Morgan fingerprint density at radius 3 is 2.25 bits per heavy atom. The van der Waals surface area contributed by atoms with E-state index in [1.165, 1.54) is 5.41 Å². The largest absolute Gasteiger partial charge is 0.399 e. The third-order valence-corrected chi connectivity index (χ3v) is 4.96. The van der Waals surface area contributed by atoms with Gasteiger partial charge >= 0.3 is 0 Å². The van der Waals surface area contributed by atoms with Crippen molar-refractivity contribution in [1.29, 1.82) is 0 Å². The molecule has 2 rings (SSSR count). The summed E-state index contributed by atoms with van der Waals surface area (Å²) in [6, 6.07) is 11.7. The van der Waals surface area contributed by atoms with Crippen LogP contribution in [0.25, 0.3) is 17.2 Å². The molecule has 24 heavy (non-hydrogen) atoms. The Balaban J connectivity index is 2.35. The third kappa shape index (κ3) is 4.69. The highest BCUT2D eigenvalue weighted by Crippen LogP contribution is 2.28. The van der Waals surface area contributed by atoms with Crippen LogP contribution in [0.4, 0.5) is 5.69 Å². The Bertz CT molecular complexity index is 852. The molecule has 5 heteroatoms. The van der Waals surface area contributed by atoms with E-state index in [4.69, 9.17) is 5.73 Å². The second-order valence-electron chi connectivity index (χ2n) is 6.27. The highest BCUT2D eigenvalue weighted by atomic mass is 32.2. The van der Waals surface area contributed by atoms with Crippen molar-refractivity contribution in [3.8, 4) is 11.1 Å². The number of aryl methyl sites for hydroxylation is 2. The second-order valence-corrected chi connectivity index (χ2v) is 7.86. The summed E-state index contributed by atoms with van der Waals surface area (Å²) in [7, 11) is -3.42. The van der Waals surface area contributed by atoms with E-state index in [0.29, 0.717) is 0 Å². The molecule has 0 aliphatic rings. The minimum Gasteiger partial charge on any atom is -0.399 e. The van der Waals surface area contributed by atoms with Crippen molar-refractivity contribution in [3.05, 3.63) is 58.5 Å². The number of nitrogen functional groups attached to an aromatic ring is 1. The smallest absolute Gasteiger partial charge is 0.233 e. The van der Waals surface area contributed by atoms with Crippen molar-refractivity contribution in [1.82, 2.24) is 4.72 Å². The maximum Gasteiger partial charge on any atom is 0.233 e. The number of hydrogen-bond donors (Lipinski definition) is 2. The summed E-state index contributed by atoms with van der Waals surface area (Å²) in [5.41, 5.74) is 11.7. The molecular formula is C19H24N2O2S. The molecule has 0 aliphatic carbocycles. The third-order valence-electron chi connectivity index (χ3n) is 3.66. The monoisotopic (exact) mass is 344 g/mol. The van der Waals surface area contributed by atoms with Crippen molar-refractivity contribution in [2.45, 2.75) is 33.7 Å². The summed E-state index contributed by atoms with van der Waals surface area (Å²) < 4.78 is 26.4. The maximum atomic E-state index is 11.9. The molecule has 0 saturated heterocycles. The van der Waals surface area contributed by atoms with Gasteiger partial charge in [-0.2, -0.15) is 0 Å². The number of nitrogens with two attached hydrogens (primary N) is 1. The van der Waals surface area contributed by atoms with Gasteiger partial charge in [0.25, 0.3) is 0 Å². The lowest BCUT2D eigenvalue weighted by Gasteiger charge is -2.11. The normalized spacial score (nSPS) is 12.2. The van der Waals surface area contributed by atoms with Crippen molar-refractivity contribution in [3.63, 3.8) is 0 Å². The summed E-state index contributed by atoms with van der Waals surface area (Å²) in [6.45, 7) is 7.58. The summed E-state index contributed by atoms with van der Waals surface area (Å²) in [5.74, 6) is 0. The first-order valence-corrected chi connectivity index (χ1v) is 9.40. The van der Waals surface area contributed by atoms with Crippen LogP contribution in [-0.2, 0) is 10.0 Å². The Morgan fingerprint density at radius 2 is 1.67 bits per heavy atom. The van der Waals surface area contributed by atoms with Crippen LogP contribution in [0.1, 0.15) is 30.5 Å². The van der Waals surface area contributed by atoms with E-state index in [0.717, 1.165) is 33.5 Å². The molecule has 2 aromatic rings. The number of nitrogens with one attached hydrogen (secondary N) is 1. The SMILES string of the molecule is Cc1cc(-c2ccc(N)cc2)c(C)cc1/C=C/S(=O)(=O)NC(C)C. The van der Waals surface area contributed by atoms with Gasteiger partial charge in [0.05, 0.1) is 0 Å². The standard InChI is InChI=1S/C19H24N2O2S/c1-13(2)21-24(22,23)10-9-17-11-15(4)19(12-14(17)3)16-5-7-18(20)8-6-16/h5-13,21H,20H2,1-4H3/b10-9+. The quantitative estimate of drug-likeness (QED) is 0.809. The van der Waals surface area contributed by atoms with Crippen LogP contribution in [0.5, 0.6) is 0 Å². The zero-order valence-electron chi connectivity index (χ0n) is 14.5. The maximum absolute atomic E-state index is 11.9. The Kier molecular flexibility index (Phi) is 5.47. The van der Waals surface area contributed by atoms with Gasteiger partial charge < -0.3 is 5.73 Å². The predicted molar refractivity (Wildman–Crippen MR) is 102 cm³/mol. The van der Waals surface area contributed by atoms with E-state index >= 15 is 0 Å². The topological polar surface area (TPSA) is 72.2 Å². The number of hydrogen-bond acceptors (Lipinski definition) is 3. The zero-order valence-corrected chi connectivity index (χ0v) is 15.3. The summed E-state index contributed by atoms with van der Waals surface area (Å²) in [5, 5.41) is 1.22. The molecule has 0 heterocycles. The predicted octanol–water partition coefficient (Wildman–Crippen LogP) is 3.85. The number of benzene rings is 2. The average Bonchev–Trinajstić information content (AvgIpc) is 2.47. The molecule has 0 radical (unpaired) electrons. The Hall–Kier alpha value is -2.11. The van der Waals surface area contributed by atoms with Gasteiger partial charge in [0.1, 0.15) is 0 Å². The van der Waals surface area contributed by atoms with E-state index in [2.05, 4.69) is 10.8 Å². The highest BCUT2D eigenvalue weighted by molar-refractivity contribution is 7.92. The molecule has 0 aliphatic heterocycles. The van der Waals surface area contributed by atoms with Crippen LogP contribution >= 0.6 is 0 Å². The van der Waals surface area contributed by atoms with E-state index < -0.39 is 10.0 Å². The number of sulfonamides is 1. The molecular weight excluding hydrogens is 320 g/mol. The summed E-state index contributed by atoms with van der Waals surface area (Å²) >= 11 is 0. The van der Waals surface area contributed by atoms with Crippen LogP contribution in [-0.4, -0.2) is 14.5 Å². The van der Waals surface area contributed by atoms with E-state index in [9.17, 15) is 8.42 Å². The fourth-order valence-electron chi connectivity index (χ4n) is 2.52. The van der Waals surface area contributed by atoms with Crippen LogP contribution in [0.15, 0.2) is 41.8 Å². The molecule has 0 saturated carbocycles. The second kappa shape index (κ2) is 7.20. The summed E-state index contributed by atoms with van der Waals surface area (Å²) in [6.07, 6.45) is 1.64. The van der Waals surface area contributed by atoms with Crippen LogP contribution in [0.2, 0.25) is 0 Å². The molecule has 4 nitrogen and oxygen atoms in total. The van der Waals surface area contributed by atoms with Gasteiger partial charge in [0, 0.05) is 17.1 Å². The van der Waals surface area contributed by atoms with Gasteiger partial charge in [-0.25, -0.2) is 13.1 Å². The van der Waals surface area contributed by atoms with Gasteiger partial charge in [-0.05, 0) is 73.7 Å². The van der Waals surface area contributed by atoms with E-state index in [1.54, 1.807) is 19.9 Å². The first-order chi connectivity index (χ1) is 11.2. The molecule has 0 bridgehead atoms. The first-order valence-electron chi connectivity index (χ1n) is 7.85. The minimum atomic E-state index is -3.42. The molecule has 0 aromatic heterocycles. The highest BCUT2D eigenvalue weighted by Gasteiger charge is 2.09. The Labute approximate surface area is 144 Å². The van der Waals surface area contributed by atoms with Crippen LogP contribution < -0.4 is 10.5 Å². The molecule has 0 unspecified atom stereocenters. The summed E-state index contributed by atoms with van der Waals surface area (Å²) in [4.78, 5) is 0. The lowest BCUT2D eigenvalue weighted by atomic mass is 9.95. The molecule has 0 spiro atoms. The van der Waals surface area contributed by atoms with Crippen molar-refractivity contribution in [2.75, 3.05) is 5.73 Å². The molecule has 2 aromatic carbocycles. The fraction of sp³-hybridized carbons (Fsp3) is 0.263. The van der Waals surface area contributed by atoms with Crippen LogP contribution in [0, 0.1) is 13.8 Å². The molecule has 0 fully saturated rings. The van der Waals surface area contributed by atoms with Crippen molar-refractivity contribution < 1.29 is 8.42 Å². The van der Waals surface area contributed by atoms with Crippen molar-refractivity contribution in [2.24, 2.45) is 0 Å². The molecule has 128 valence electrons. The van der Waals surface area contributed by atoms with E-state index in [-0.39, 0.29) is 6.04 Å². The molecule has 0 atom stereocenters. The molecule has 0 amide bonds. The number of anilines is 1. The average molecular weight is 344 g/mol.